The fourth-order valence-corrected chi connectivity index (χ4v) is 1.74. The second-order valence-electron chi connectivity index (χ2n) is 3.33. The average Bonchev–Trinajstić information content (AvgIpc) is 2.26. The summed E-state index contributed by atoms with van der Waals surface area (Å²) in [4.78, 5) is 8.35. The van der Waals surface area contributed by atoms with Crippen molar-refractivity contribution in [2.24, 2.45) is 0 Å². The van der Waals surface area contributed by atoms with E-state index < -0.39 is 6.10 Å². The Balaban J connectivity index is 2.71. The second-order valence-corrected chi connectivity index (χ2v) is 3.72. The molecular formula is C11H11ClN2O. The van der Waals surface area contributed by atoms with E-state index in [0.717, 1.165) is 11.1 Å². The highest BCUT2D eigenvalue weighted by atomic mass is 35.5. The van der Waals surface area contributed by atoms with Crippen molar-refractivity contribution in [2.45, 2.75) is 19.4 Å². The van der Waals surface area contributed by atoms with Crippen LogP contribution in [0.2, 0.25) is 5.15 Å². The molecule has 0 radical (unpaired) electrons. The summed E-state index contributed by atoms with van der Waals surface area (Å²) in [5.41, 5.74) is 2.18. The second kappa shape index (κ2) is 4.13. The third kappa shape index (κ3) is 1.94. The Morgan fingerprint density at radius 2 is 2.33 bits per heavy atom. The highest BCUT2D eigenvalue weighted by molar-refractivity contribution is 6.29. The van der Waals surface area contributed by atoms with Crippen LogP contribution < -0.4 is 0 Å². The molecule has 1 N–H and O–H groups in total. The van der Waals surface area contributed by atoms with E-state index in [1.807, 2.05) is 13.0 Å². The van der Waals surface area contributed by atoms with Gasteiger partial charge in [0.1, 0.15) is 5.15 Å². The van der Waals surface area contributed by atoms with Crippen LogP contribution in [0.25, 0.3) is 11.0 Å². The molecule has 0 amide bonds. The quantitative estimate of drug-likeness (QED) is 0.795. The molecule has 2 heterocycles. The molecule has 0 saturated heterocycles. The topological polar surface area (TPSA) is 46.0 Å². The van der Waals surface area contributed by atoms with E-state index in [0.29, 0.717) is 17.1 Å². The Labute approximate surface area is 92.7 Å². The highest BCUT2D eigenvalue weighted by Crippen LogP contribution is 2.25. The van der Waals surface area contributed by atoms with Crippen LogP contribution in [0.1, 0.15) is 25.0 Å². The largest absolute Gasteiger partial charge is 0.388 e. The van der Waals surface area contributed by atoms with Gasteiger partial charge in [-0.1, -0.05) is 18.5 Å². The molecule has 78 valence electrons. The molecule has 0 fully saturated rings. The van der Waals surface area contributed by atoms with Gasteiger partial charge in [-0.15, -0.1) is 0 Å². The van der Waals surface area contributed by atoms with Crippen molar-refractivity contribution in [3.8, 4) is 0 Å². The molecule has 2 aromatic rings. The van der Waals surface area contributed by atoms with Crippen molar-refractivity contribution in [3.05, 3.63) is 35.1 Å². The summed E-state index contributed by atoms with van der Waals surface area (Å²) in [6, 6.07) is 5.30. The van der Waals surface area contributed by atoms with Crippen LogP contribution in [0.4, 0.5) is 0 Å². The van der Waals surface area contributed by atoms with Gasteiger partial charge in [-0.25, -0.2) is 4.98 Å². The molecule has 0 spiro atoms. The molecule has 15 heavy (non-hydrogen) atoms. The Kier molecular flexibility index (Phi) is 2.84. The molecule has 0 aliphatic heterocycles. The van der Waals surface area contributed by atoms with Gasteiger partial charge < -0.3 is 5.11 Å². The lowest BCUT2D eigenvalue weighted by atomic mass is 10.1. The third-order valence-corrected chi connectivity index (χ3v) is 2.50. The summed E-state index contributed by atoms with van der Waals surface area (Å²) < 4.78 is 0. The molecule has 1 atom stereocenters. The zero-order valence-corrected chi connectivity index (χ0v) is 9.07. The van der Waals surface area contributed by atoms with Gasteiger partial charge >= 0.3 is 0 Å². The maximum Gasteiger partial charge on any atom is 0.130 e. The monoisotopic (exact) mass is 222 g/mol. The first-order chi connectivity index (χ1) is 7.22. The Morgan fingerprint density at radius 1 is 1.53 bits per heavy atom. The fourth-order valence-electron chi connectivity index (χ4n) is 1.53. The molecule has 1 unspecified atom stereocenters. The first-order valence-electron chi connectivity index (χ1n) is 4.81. The molecule has 0 bridgehead atoms. The molecule has 0 aliphatic carbocycles. The predicted molar refractivity (Wildman–Crippen MR) is 59.8 cm³/mol. The standard InChI is InChI=1S/C11H11ClN2O/c1-2-9(15)7-6-10(12)14-8-4-3-5-13-11(7)8/h3-6,9,15H,2H2,1H3. The number of nitrogens with zero attached hydrogens (tertiary/aromatic N) is 2. The molecule has 0 aromatic carbocycles. The lowest BCUT2D eigenvalue weighted by Crippen LogP contribution is -1.99. The zero-order chi connectivity index (χ0) is 10.8. The van der Waals surface area contributed by atoms with Crippen LogP contribution in [-0.2, 0) is 0 Å². The van der Waals surface area contributed by atoms with Crippen LogP contribution in [0, 0.1) is 0 Å². The fraction of sp³-hybridized carbons (Fsp3) is 0.273. The summed E-state index contributed by atoms with van der Waals surface area (Å²) in [7, 11) is 0. The van der Waals surface area contributed by atoms with Crippen LogP contribution in [0.5, 0.6) is 0 Å². The Bertz CT molecular complexity index is 487. The number of aliphatic hydroxyl groups excluding tert-OH is 1. The van der Waals surface area contributed by atoms with Gasteiger partial charge in [0.25, 0.3) is 0 Å². The van der Waals surface area contributed by atoms with E-state index in [2.05, 4.69) is 9.97 Å². The summed E-state index contributed by atoms with van der Waals surface area (Å²) >= 11 is 5.87. The molecule has 2 aromatic heterocycles. The summed E-state index contributed by atoms with van der Waals surface area (Å²) in [6.07, 6.45) is 1.78. The predicted octanol–water partition coefficient (Wildman–Crippen LogP) is 2.73. The molecule has 0 aliphatic rings. The van der Waals surface area contributed by atoms with E-state index in [1.165, 1.54) is 0 Å². The third-order valence-electron chi connectivity index (χ3n) is 2.31. The number of fused-ring (bicyclic) bond motifs is 1. The van der Waals surface area contributed by atoms with E-state index in [-0.39, 0.29) is 0 Å². The van der Waals surface area contributed by atoms with E-state index in [4.69, 9.17) is 11.6 Å². The van der Waals surface area contributed by atoms with Gasteiger partial charge in [-0.3, -0.25) is 4.98 Å². The number of aromatic nitrogens is 2. The number of halogens is 1. The van der Waals surface area contributed by atoms with Crippen LogP contribution in [0.3, 0.4) is 0 Å². The van der Waals surface area contributed by atoms with E-state index in [9.17, 15) is 5.11 Å². The van der Waals surface area contributed by atoms with Crippen molar-refractivity contribution in [1.29, 1.82) is 0 Å². The normalized spacial score (nSPS) is 13.0. The van der Waals surface area contributed by atoms with Crippen LogP contribution in [0.15, 0.2) is 24.4 Å². The van der Waals surface area contributed by atoms with Crippen molar-refractivity contribution in [1.82, 2.24) is 9.97 Å². The number of hydrogen-bond acceptors (Lipinski definition) is 3. The van der Waals surface area contributed by atoms with Crippen molar-refractivity contribution in [2.75, 3.05) is 0 Å². The zero-order valence-electron chi connectivity index (χ0n) is 8.31. The summed E-state index contributed by atoms with van der Waals surface area (Å²) in [6.45, 7) is 1.91. The first-order valence-corrected chi connectivity index (χ1v) is 5.19. The lowest BCUT2D eigenvalue weighted by Gasteiger charge is -2.10. The molecular weight excluding hydrogens is 212 g/mol. The van der Waals surface area contributed by atoms with Gasteiger partial charge in [0.2, 0.25) is 0 Å². The number of rotatable bonds is 2. The van der Waals surface area contributed by atoms with Crippen LogP contribution >= 0.6 is 11.6 Å². The van der Waals surface area contributed by atoms with Gasteiger partial charge in [-0.2, -0.15) is 0 Å². The lowest BCUT2D eigenvalue weighted by molar-refractivity contribution is 0.175. The van der Waals surface area contributed by atoms with Crippen LogP contribution in [-0.4, -0.2) is 15.1 Å². The highest BCUT2D eigenvalue weighted by Gasteiger charge is 2.12. The minimum absolute atomic E-state index is 0.387. The first kappa shape index (κ1) is 10.3. The number of pyridine rings is 2. The molecule has 3 nitrogen and oxygen atoms in total. The molecule has 4 heteroatoms. The summed E-state index contributed by atoms with van der Waals surface area (Å²) in [5.74, 6) is 0. The molecule has 0 saturated carbocycles. The molecule has 2 rings (SSSR count). The summed E-state index contributed by atoms with van der Waals surface area (Å²) in [5, 5.41) is 10.2. The SMILES string of the molecule is CCC(O)c1cc(Cl)nc2cccnc12. The minimum Gasteiger partial charge on any atom is -0.388 e. The smallest absolute Gasteiger partial charge is 0.130 e. The Hall–Kier alpha value is -1.19. The minimum atomic E-state index is -0.539. The average molecular weight is 223 g/mol. The number of hydrogen-bond donors (Lipinski definition) is 1. The van der Waals surface area contributed by atoms with Gasteiger partial charge in [-0.05, 0) is 24.6 Å². The van der Waals surface area contributed by atoms with E-state index >= 15 is 0 Å². The van der Waals surface area contributed by atoms with Gasteiger partial charge in [0, 0.05) is 11.8 Å². The maximum atomic E-state index is 9.83. The van der Waals surface area contributed by atoms with Gasteiger partial charge in [0.15, 0.2) is 0 Å². The van der Waals surface area contributed by atoms with E-state index in [1.54, 1.807) is 18.3 Å². The van der Waals surface area contributed by atoms with Crippen molar-refractivity contribution in [3.63, 3.8) is 0 Å². The van der Waals surface area contributed by atoms with Crippen molar-refractivity contribution >= 4 is 22.6 Å². The number of aliphatic hydroxyl groups is 1. The van der Waals surface area contributed by atoms with Gasteiger partial charge in [0.05, 0.1) is 17.1 Å². The maximum absolute atomic E-state index is 9.83. The Morgan fingerprint density at radius 3 is 3.07 bits per heavy atom. The van der Waals surface area contributed by atoms with Crippen molar-refractivity contribution < 1.29 is 5.11 Å².